The summed E-state index contributed by atoms with van der Waals surface area (Å²) in [4.78, 5) is 11.6. The third kappa shape index (κ3) is 3.02. The molecule has 0 spiro atoms. The highest BCUT2D eigenvalue weighted by molar-refractivity contribution is 6.74. The predicted molar refractivity (Wildman–Crippen MR) is 74.5 cm³/mol. The Labute approximate surface area is 111 Å². The van der Waals surface area contributed by atoms with Crippen molar-refractivity contribution in [1.82, 2.24) is 5.32 Å². The molecule has 104 valence electrons. The van der Waals surface area contributed by atoms with Crippen molar-refractivity contribution < 1.29 is 14.3 Å². The van der Waals surface area contributed by atoms with Gasteiger partial charge in [0.1, 0.15) is 5.92 Å². The van der Waals surface area contributed by atoms with Crippen LogP contribution in [0.5, 0.6) is 0 Å². The second-order valence-electron chi connectivity index (χ2n) is 6.39. The lowest BCUT2D eigenvalue weighted by Crippen LogP contribution is -2.55. The highest BCUT2D eigenvalue weighted by atomic mass is 28.4. The topological polar surface area (TPSA) is 58.6 Å². The van der Waals surface area contributed by atoms with Gasteiger partial charge in [-0.25, -0.2) is 0 Å². The molecule has 1 amide bonds. The molecule has 1 saturated heterocycles. The molecule has 0 saturated carbocycles. The molecule has 1 fully saturated rings. The maximum Gasteiger partial charge on any atom is 0.235 e. The molecule has 0 unspecified atom stereocenters. The van der Waals surface area contributed by atoms with E-state index in [9.17, 15) is 4.79 Å². The Morgan fingerprint density at radius 1 is 1.50 bits per heavy atom. The van der Waals surface area contributed by atoms with Crippen LogP contribution >= 0.6 is 0 Å². The van der Waals surface area contributed by atoms with Crippen molar-refractivity contribution in [1.29, 1.82) is 0 Å². The van der Waals surface area contributed by atoms with Gasteiger partial charge < -0.3 is 14.8 Å². The second-order valence-corrected chi connectivity index (χ2v) is 11.1. The van der Waals surface area contributed by atoms with E-state index in [4.69, 9.17) is 9.53 Å². The van der Waals surface area contributed by atoms with Crippen LogP contribution in [0.25, 0.3) is 0 Å². The van der Waals surface area contributed by atoms with Gasteiger partial charge in [-0.05, 0) is 31.1 Å². The average molecular weight is 271 g/mol. The molecule has 0 aliphatic carbocycles. The maximum atomic E-state index is 11.6. The van der Waals surface area contributed by atoms with E-state index >= 15 is 0 Å². The summed E-state index contributed by atoms with van der Waals surface area (Å²) >= 11 is 0. The van der Waals surface area contributed by atoms with E-state index in [1.165, 1.54) is 0 Å². The van der Waals surface area contributed by atoms with Crippen LogP contribution in [-0.4, -0.2) is 32.0 Å². The van der Waals surface area contributed by atoms with Crippen LogP contribution in [0, 0.1) is 5.92 Å². The summed E-state index contributed by atoms with van der Waals surface area (Å²) in [7, 11) is -1.87. The number of aliphatic hydroxyl groups is 1. The van der Waals surface area contributed by atoms with E-state index in [2.05, 4.69) is 39.2 Å². The third-order valence-corrected chi connectivity index (χ3v) is 8.53. The normalized spacial score (nSPS) is 24.7. The fourth-order valence-electron chi connectivity index (χ4n) is 1.81. The summed E-state index contributed by atoms with van der Waals surface area (Å²) in [6.07, 6.45) is 1.50. The van der Waals surface area contributed by atoms with Gasteiger partial charge >= 0.3 is 0 Å². The number of carbonyl (C=O) groups excluding carboxylic acids is 1. The number of hydrogen-bond acceptors (Lipinski definition) is 3. The van der Waals surface area contributed by atoms with Crippen LogP contribution in [0.4, 0.5) is 0 Å². The van der Waals surface area contributed by atoms with Crippen molar-refractivity contribution in [3.05, 3.63) is 11.8 Å². The summed E-state index contributed by atoms with van der Waals surface area (Å²) in [5.41, 5.74) is 0.786. The molecule has 5 heteroatoms. The molecule has 0 aromatic carbocycles. The number of β-lactam (4-membered cyclic amide) rings is 1. The fourth-order valence-corrected chi connectivity index (χ4v) is 3.23. The summed E-state index contributed by atoms with van der Waals surface area (Å²) in [5.74, 6) is -0.257. The second kappa shape index (κ2) is 5.15. The lowest BCUT2D eigenvalue weighted by Gasteiger charge is -2.42. The first-order valence-corrected chi connectivity index (χ1v) is 9.30. The number of carbonyl (C=O) groups is 1. The first-order chi connectivity index (χ1) is 8.10. The summed E-state index contributed by atoms with van der Waals surface area (Å²) in [6, 6.07) is 0. The summed E-state index contributed by atoms with van der Waals surface area (Å²) in [5, 5.41) is 11.7. The van der Waals surface area contributed by atoms with Crippen LogP contribution in [0.2, 0.25) is 18.1 Å². The Morgan fingerprint density at radius 2 is 2.06 bits per heavy atom. The third-order valence-electron chi connectivity index (χ3n) is 3.95. The lowest BCUT2D eigenvalue weighted by atomic mass is 9.91. The maximum absolute atomic E-state index is 11.6. The number of aliphatic hydroxyl groups excluding tert-OH is 1. The van der Waals surface area contributed by atoms with Crippen molar-refractivity contribution in [2.45, 2.75) is 51.9 Å². The molecule has 1 rings (SSSR count). The van der Waals surface area contributed by atoms with Gasteiger partial charge in [0.15, 0.2) is 8.32 Å². The van der Waals surface area contributed by atoms with E-state index in [0.29, 0.717) is 0 Å². The van der Waals surface area contributed by atoms with Crippen LogP contribution in [-0.2, 0) is 9.22 Å². The van der Waals surface area contributed by atoms with Crippen LogP contribution in [0.1, 0.15) is 27.7 Å². The summed E-state index contributed by atoms with van der Waals surface area (Å²) < 4.78 is 6.21. The average Bonchev–Trinajstić information content (AvgIpc) is 2.13. The quantitative estimate of drug-likeness (QED) is 0.607. The highest BCUT2D eigenvalue weighted by Crippen LogP contribution is 2.39. The van der Waals surface area contributed by atoms with E-state index in [1.807, 2.05) is 6.92 Å². The van der Waals surface area contributed by atoms with Gasteiger partial charge in [0.2, 0.25) is 5.91 Å². The number of amides is 1. The molecule has 2 atom stereocenters. The van der Waals surface area contributed by atoms with Gasteiger partial charge in [0.05, 0.1) is 12.7 Å². The smallest absolute Gasteiger partial charge is 0.235 e. The number of rotatable bonds is 4. The minimum absolute atomic E-state index is 0.0130. The molecule has 2 N–H and O–H groups in total. The van der Waals surface area contributed by atoms with Gasteiger partial charge in [0.25, 0.3) is 0 Å². The molecular formula is C13H25NO3Si. The van der Waals surface area contributed by atoms with Crippen LogP contribution in [0.15, 0.2) is 11.8 Å². The minimum Gasteiger partial charge on any atom is -0.413 e. The van der Waals surface area contributed by atoms with Crippen molar-refractivity contribution >= 4 is 14.2 Å². The van der Waals surface area contributed by atoms with E-state index in [0.717, 1.165) is 5.70 Å². The molecule has 4 nitrogen and oxygen atoms in total. The van der Waals surface area contributed by atoms with Crippen molar-refractivity contribution in [2.75, 3.05) is 6.61 Å². The monoisotopic (exact) mass is 271 g/mol. The lowest BCUT2D eigenvalue weighted by molar-refractivity contribution is -0.131. The molecule has 1 aliphatic rings. The SMILES string of the molecule is C[C@@H](O[Si](C)(C)C(C)(C)C)[C@H]1C(=O)N/C1=C/CO. The Bertz CT molecular complexity index is 358. The Hall–Kier alpha value is -0.653. The molecule has 0 radical (unpaired) electrons. The molecule has 18 heavy (non-hydrogen) atoms. The summed E-state index contributed by atoms with van der Waals surface area (Å²) in [6.45, 7) is 12.8. The van der Waals surface area contributed by atoms with Gasteiger partial charge in [0, 0.05) is 5.70 Å². The van der Waals surface area contributed by atoms with Gasteiger partial charge in [-0.1, -0.05) is 20.8 Å². The fraction of sp³-hybridized carbons (Fsp3) is 0.769. The predicted octanol–water partition coefficient (Wildman–Crippen LogP) is 2.02. The van der Waals surface area contributed by atoms with Gasteiger partial charge in [-0.15, -0.1) is 0 Å². The zero-order chi connectivity index (χ0) is 14.1. The largest absolute Gasteiger partial charge is 0.413 e. The molecular weight excluding hydrogens is 246 g/mol. The van der Waals surface area contributed by atoms with Gasteiger partial charge in [-0.3, -0.25) is 4.79 Å². The zero-order valence-electron chi connectivity index (χ0n) is 12.2. The Kier molecular flexibility index (Phi) is 4.41. The first-order valence-electron chi connectivity index (χ1n) is 6.40. The van der Waals surface area contributed by atoms with Crippen molar-refractivity contribution in [3.8, 4) is 0 Å². The van der Waals surface area contributed by atoms with Crippen LogP contribution < -0.4 is 5.32 Å². The van der Waals surface area contributed by atoms with Crippen molar-refractivity contribution in [3.63, 3.8) is 0 Å². The Morgan fingerprint density at radius 3 is 2.44 bits per heavy atom. The van der Waals surface area contributed by atoms with Crippen LogP contribution in [0.3, 0.4) is 0 Å². The zero-order valence-corrected chi connectivity index (χ0v) is 13.2. The number of hydrogen-bond donors (Lipinski definition) is 2. The van der Waals surface area contributed by atoms with E-state index < -0.39 is 8.32 Å². The molecule has 0 aromatic heterocycles. The van der Waals surface area contributed by atoms with Gasteiger partial charge in [-0.2, -0.15) is 0 Å². The minimum atomic E-state index is -1.87. The number of nitrogens with one attached hydrogen (secondary N) is 1. The molecule has 1 aliphatic heterocycles. The van der Waals surface area contributed by atoms with E-state index in [1.54, 1.807) is 6.08 Å². The van der Waals surface area contributed by atoms with Crippen molar-refractivity contribution in [2.24, 2.45) is 5.92 Å². The first kappa shape index (κ1) is 15.4. The standard InChI is InChI=1S/C13H25NO3Si/c1-9(17-18(5,6)13(2,3)4)11-10(7-8-15)14-12(11)16/h7,9,11,15H,8H2,1-6H3,(H,14,16)/b10-7+/t9-,11-/m1/s1. The Balaban J connectivity index is 2.74. The van der Waals surface area contributed by atoms with E-state index in [-0.39, 0.29) is 29.6 Å². The molecule has 0 aromatic rings. The molecule has 1 heterocycles. The molecule has 0 bridgehead atoms. The highest BCUT2D eigenvalue weighted by Gasteiger charge is 2.44.